The van der Waals surface area contributed by atoms with Crippen molar-refractivity contribution in [3.05, 3.63) is 76.9 Å². The van der Waals surface area contributed by atoms with Crippen molar-refractivity contribution in [2.45, 2.75) is 36.1 Å². The summed E-state index contributed by atoms with van der Waals surface area (Å²) in [5.41, 5.74) is 5.82. The fourth-order valence-electron chi connectivity index (χ4n) is 4.26. The molecule has 2 N–H and O–H groups in total. The van der Waals surface area contributed by atoms with Gasteiger partial charge in [0.15, 0.2) is 12.8 Å². The van der Waals surface area contributed by atoms with Gasteiger partial charge in [-0.25, -0.2) is 4.79 Å². The first-order valence-corrected chi connectivity index (χ1v) is 12.2. The molecule has 5 rings (SSSR count). The third-order valence-electron chi connectivity index (χ3n) is 5.73. The molecule has 3 aromatic carbocycles. The van der Waals surface area contributed by atoms with Crippen molar-refractivity contribution >= 4 is 38.0 Å². The van der Waals surface area contributed by atoms with Gasteiger partial charge in [-0.2, -0.15) is 0 Å². The summed E-state index contributed by atoms with van der Waals surface area (Å²) in [6.45, 7) is -0.300. The molecule has 0 fully saturated rings. The van der Waals surface area contributed by atoms with Crippen LogP contribution in [0.5, 0.6) is 11.5 Å². The highest BCUT2D eigenvalue weighted by Crippen LogP contribution is 2.41. The number of ether oxygens (including phenoxy) is 2. The molecule has 0 saturated heterocycles. The molecule has 164 valence electrons. The molecule has 0 radical (unpaired) electrons. The van der Waals surface area contributed by atoms with E-state index in [-0.39, 0.29) is 12.8 Å². The highest BCUT2D eigenvalue weighted by Gasteiger charge is 2.24. The molecule has 0 spiro atoms. The molecule has 1 aliphatic carbocycles. The number of fused-ring (bicyclic) bond motifs is 2. The van der Waals surface area contributed by atoms with Gasteiger partial charge in [-0.05, 0) is 71.6 Å². The number of nitrogens with one attached hydrogen (secondary N) is 1. The van der Waals surface area contributed by atoms with Crippen LogP contribution in [0.1, 0.15) is 34.9 Å². The number of thioether (sulfide) groups is 1. The van der Waals surface area contributed by atoms with E-state index >= 15 is 0 Å². The third kappa shape index (κ3) is 4.43. The molecule has 7 heteroatoms. The zero-order valence-electron chi connectivity index (χ0n) is 17.5. The summed E-state index contributed by atoms with van der Waals surface area (Å²) >= 11 is 1.81. The van der Waals surface area contributed by atoms with Crippen molar-refractivity contribution in [1.82, 2.24) is 0 Å². The molecule has 32 heavy (non-hydrogen) atoms. The Labute approximate surface area is 193 Å². The summed E-state index contributed by atoms with van der Waals surface area (Å²) in [6.07, 6.45) is 2.86. The number of hydrogen-bond donors (Lipinski definition) is 2. The molecular weight excluding hydrogens is 441 g/mol. The lowest BCUT2D eigenvalue weighted by atomic mass is 10.1. The van der Waals surface area contributed by atoms with Gasteiger partial charge in [0.25, 0.3) is 0 Å². The van der Waals surface area contributed by atoms with Crippen LogP contribution in [-0.4, -0.2) is 17.7 Å². The lowest BCUT2D eigenvalue weighted by Gasteiger charge is -2.13. The van der Waals surface area contributed by atoms with E-state index < -0.39 is 5.97 Å². The van der Waals surface area contributed by atoms with Crippen LogP contribution in [0.25, 0.3) is 0 Å². The van der Waals surface area contributed by atoms with Gasteiger partial charge in [0.05, 0.1) is 5.69 Å². The minimum Gasteiger partial charge on any atom is -0.482 e. The number of anilines is 1. The Balaban J connectivity index is 1.28. The number of benzene rings is 3. The van der Waals surface area contributed by atoms with E-state index in [0.29, 0.717) is 5.75 Å². The molecule has 0 amide bonds. The van der Waals surface area contributed by atoms with E-state index in [1.165, 1.54) is 21.6 Å². The maximum atomic E-state index is 10.9. The van der Waals surface area contributed by atoms with Crippen molar-refractivity contribution in [3.63, 3.8) is 0 Å². The summed E-state index contributed by atoms with van der Waals surface area (Å²) in [4.78, 5) is 12.1. The van der Waals surface area contributed by atoms with Gasteiger partial charge in [-0.15, -0.1) is 21.0 Å². The number of carbonyl (C=O) groups is 1. The zero-order chi connectivity index (χ0) is 22.1. The lowest BCUT2D eigenvalue weighted by molar-refractivity contribution is -0.139. The molecule has 1 heterocycles. The Bertz CT molecular complexity index is 1180. The summed E-state index contributed by atoms with van der Waals surface area (Å²) in [5, 5.41) is 13.5. The molecule has 1 aliphatic heterocycles. The van der Waals surface area contributed by atoms with Gasteiger partial charge >= 0.3 is 5.97 Å². The van der Waals surface area contributed by atoms with E-state index in [9.17, 15) is 4.79 Å². The van der Waals surface area contributed by atoms with Crippen LogP contribution in [0.2, 0.25) is 0 Å². The van der Waals surface area contributed by atoms with E-state index in [1.54, 1.807) is 0 Å². The third-order valence-corrected chi connectivity index (χ3v) is 7.26. The van der Waals surface area contributed by atoms with Gasteiger partial charge in [0.2, 0.25) is 0 Å². The average Bonchev–Trinajstić information content (AvgIpc) is 3.43. The standard InChI is InChI=1S/C25H24NO4PS/c27-24(28)13-29-21-9-10-23(19-6-2-5-18(19)21)32-14-15-7-8-22-20(11-15)26-25(30-22)16-3-1-4-17(31)12-16/h1,3-4,7-12,25-26H,2,5-6,13-14,31H2,(H,27,28). The van der Waals surface area contributed by atoms with Crippen LogP contribution in [0.4, 0.5) is 5.69 Å². The second-order valence-corrected chi connectivity index (χ2v) is 9.67. The summed E-state index contributed by atoms with van der Waals surface area (Å²) in [5.74, 6) is 1.48. The van der Waals surface area contributed by atoms with Gasteiger partial charge in [-0.3, -0.25) is 0 Å². The predicted molar refractivity (Wildman–Crippen MR) is 130 cm³/mol. The first-order chi connectivity index (χ1) is 15.6. The highest BCUT2D eigenvalue weighted by molar-refractivity contribution is 7.98. The summed E-state index contributed by atoms with van der Waals surface area (Å²) in [6, 6.07) is 18.6. The predicted octanol–water partition coefficient (Wildman–Crippen LogP) is 4.93. The lowest BCUT2D eigenvalue weighted by Crippen LogP contribution is -2.11. The average molecular weight is 466 g/mol. The molecule has 0 bridgehead atoms. The summed E-state index contributed by atoms with van der Waals surface area (Å²) < 4.78 is 11.6. The molecule has 2 atom stereocenters. The van der Waals surface area contributed by atoms with E-state index in [1.807, 2.05) is 36.0 Å². The van der Waals surface area contributed by atoms with Crippen LogP contribution in [0, 0.1) is 0 Å². The summed E-state index contributed by atoms with van der Waals surface area (Å²) in [7, 11) is 2.72. The molecule has 5 nitrogen and oxygen atoms in total. The highest BCUT2D eigenvalue weighted by atomic mass is 32.2. The Hall–Kier alpha value is -2.69. The van der Waals surface area contributed by atoms with Crippen LogP contribution in [0.15, 0.2) is 59.5 Å². The van der Waals surface area contributed by atoms with Crippen LogP contribution in [0.3, 0.4) is 0 Å². The van der Waals surface area contributed by atoms with Crippen molar-refractivity contribution < 1.29 is 19.4 Å². The second-order valence-electron chi connectivity index (χ2n) is 7.99. The first kappa shape index (κ1) is 21.2. The van der Waals surface area contributed by atoms with Crippen molar-refractivity contribution in [3.8, 4) is 11.5 Å². The number of carboxylic acid groups (broad SMARTS) is 1. The minimum absolute atomic E-state index is 0.171. The molecular formula is C25H24NO4PS. The monoisotopic (exact) mass is 465 g/mol. The maximum Gasteiger partial charge on any atom is 0.341 e. The van der Waals surface area contributed by atoms with Crippen molar-refractivity contribution in [2.75, 3.05) is 11.9 Å². The maximum absolute atomic E-state index is 10.9. The van der Waals surface area contributed by atoms with E-state index in [2.05, 4.69) is 44.9 Å². The smallest absolute Gasteiger partial charge is 0.341 e. The Morgan fingerprint density at radius 3 is 2.88 bits per heavy atom. The number of aliphatic carboxylic acids is 1. The second kappa shape index (κ2) is 9.05. The fourth-order valence-corrected chi connectivity index (χ4v) is 5.63. The van der Waals surface area contributed by atoms with Gasteiger partial charge in [-0.1, -0.05) is 24.3 Å². The van der Waals surface area contributed by atoms with E-state index in [0.717, 1.165) is 47.3 Å². The van der Waals surface area contributed by atoms with Gasteiger partial charge in [0, 0.05) is 16.2 Å². The fraction of sp³-hybridized carbons (Fsp3) is 0.240. The largest absolute Gasteiger partial charge is 0.482 e. The quantitative estimate of drug-likeness (QED) is 0.381. The van der Waals surface area contributed by atoms with Crippen molar-refractivity contribution in [1.29, 1.82) is 0 Å². The zero-order valence-corrected chi connectivity index (χ0v) is 19.4. The van der Waals surface area contributed by atoms with Crippen LogP contribution >= 0.6 is 21.0 Å². The van der Waals surface area contributed by atoms with Gasteiger partial charge in [0.1, 0.15) is 11.5 Å². The molecule has 0 aromatic heterocycles. The molecule has 3 aromatic rings. The Morgan fingerprint density at radius 1 is 1.16 bits per heavy atom. The number of rotatable bonds is 7. The van der Waals surface area contributed by atoms with Crippen LogP contribution < -0.4 is 20.1 Å². The number of carboxylic acids is 1. The Morgan fingerprint density at radius 2 is 2.03 bits per heavy atom. The molecule has 0 saturated carbocycles. The van der Waals surface area contributed by atoms with Gasteiger partial charge < -0.3 is 19.9 Å². The minimum atomic E-state index is -0.951. The van der Waals surface area contributed by atoms with E-state index in [4.69, 9.17) is 14.6 Å². The topological polar surface area (TPSA) is 67.8 Å². The normalized spacial score (nSPS) is 16.1. The Kier molecular flexibility index (Phi) is 5.99. The van der Waals surface area contributed by atoms with Crippen LogP contribution in [-0.2, 0) is 23.4 Å². The molecule has 2 unspecified atom stereocenters. The molecule has 2 aliphatic rings. The number of hydrogen-bond acceptors (Lipinski definition) is 5. The SMILES string of the molecule is O=C(O)COc1ccc(SCc2ccc3c(c2)NC(c2cccc(P)c2)O3)c2c1CCC2. The first-order valence-electron chi connectivity index (χ1n) is 10.6. The van der Waals surface area contributed by atoms with Crippen molar-refractivity contribution in [2.24, 2.45) is 0 Å².